The van der Waals surface area contributed by atoms with Crippen molar-refractivity contribution >= 4 is 5.97 Å². The maximum absolute atomic E-state index is 10.0. The number of rotatable bonds is 2. The first kappa shape index (κ1) is 17.7. The van der Waals surface area contributed by atoms with Crippen molar-refractivity contribution in [1.82, 2.24) is 0 Å². The van der Waals surface area contributed by atoms with Crippen LogP contribution in [0.25, 0.3) is 0 Å². The van der Waals surface area contributed by atoms with E-state index in [1.165, 1.54) is 0 Å². The van der Waals surface area contributed by atoms with Crippen molar-refractivity contribution in [3.05, 3.63) is 0 Å². The van der Waals surface area contributed by atoms with E-state index < -0.39 is 5.79 Å². The summed E-state index contributed by atoms with van der Waals surface area (Å²) in [6.07, 6.45) is 1.54. The van der Waals surface area contributed by atoms with Crippen LogP contribution in [0.15, 0.2) is 0 Å². The minimum Gasteiger partial charge on any atom is -0.466 e. The van der Waals surface area contributed by atoms with Gasteiger partial charge in [-0.1, -0.05) is 0 Å². The SMILES string of the molecule is CCO.COC(C)(C)OC.O=C1CCCO1. The van der Waals surface area contributed by atoms with E-state index in [1.54, 1.807) is 21.1 Å². The predicted molar refractivity (Wildman–Crippen MR) is 61.0 cm³/mol. The molecule has 0 radical (unpaired) electrons. The summed E-state index contributed by atoms with van der Waals surface area (Å²) < 4.78 is 14.2. The van der Waals surface area contributed by atoms with Crippen molar-refractivity contribution in [3.63, 3.8) is 0 Å². The molecule has 16 heavy (non-hydrogen) atoms. The number of hydrogen-bond acceptors (Lipinski definition) is 5. The molecule has 5 heteroatoms. The molecule has 1 aliphatic rings. The Morgan fingerprint density at radius 2 is 1.81 bits per heavy atom. The number of esters is 1. The van der Waals surface area contributed by atoms with Crippen molar-refractivity contribution in [1.29, 1.82) is 0 Å². The van der Waals surface area contributed by atoms with Gasteiger partial charge in [0.25, 0.3) is 0 Å². The highest BCUT2D eigenvalue weighted by Gasteiger charge is 2.12. The summed E-state index contributed by atoms with van der Waals surface area (Å²) in [6.45, 7) is 6.28. The van der Waals surface area contributed by atoms with E-state index in [1.807, 2.05) is 13.8 Å². The first-order valence-electron chi connectivity index (χ1n) is 5.30. The Hall–Kier alpha value is -0.650. The van der Waals surface area contributed by atoms with E-state index in [9.17, 15) is 4.79 Å². The van der Waals surface area contributed by atoms with Gasteiger partial charge in [-0.25, -0.2) is 0 Å². The number of methoxy groups -OCH3 is 2. The molecule has 1 heterocycles. The van der Waals surface area contributed by atoms with Gasteiger partial charge in [0.15, 0.2) is 5.79 Å². The van der Waals surface area contributed by atoms with Gasteiger partial charge in [-0.15, -0.1) is 0 Å². The summed E-state index contributed by atoms with van der Waals surface area (Å²) in [5, 5.41) is 7.57. The molecular weight excluding hydrogens is 212 g/mol. The molecule has 0 aromatic carbocycles. The first-order chi connectivity index (χ1) is 7.43. The molecule has 1 saturated heterocycles. The third-order valence-electron chi connectivity index (χ3n) is 1.77. The number of carbonyl (C=O) groups excluding carboxylic acids is 1. The van der Waals surface area contributed by atoms with Crippen LogP contribution in [0.2, 0.25) is 0 Å². The lowest BCUT2D eigenvalue weighted by Crippen LogP contribution is -2.24. The molecule has 0 amide bonds. The summed E-state index contributed by atoms with van der Waals surface area (Å²) in [6, 6.07) is 0. The first-order valence-corrected chi connectivity index (χ1v) is 5.30. The average molecular weight is 236 g/mol. The summed E-state index contributed by atoms with van der Waals surface area (Å²) in [5.74, 6) is -0.463. The minimum absolute atomic E-state index is 0.0463. The zero-order valence-electron chi connectivity index (χ0n) is 10.9. The molecular formula is C11H24O5. The predicted octanol–water partition coefficient (Wildman–Crippen LogP) is 1.34. The largest absolute Gasteiger partial charge is 0.466 e. The Balaban J connectivity index is 0. The number of aliphatic hydroxyl groups excluding tert-OH is 1. The second-order valence-corrected chi connectivity index (χ2v) is 3.45. The Kier molecular flexibility index (Phi) is 12.0. The Morgan fingerprint density at radius 1 is 1.38 bits per heavy atom. The quantitative estimate of drug-likeness (QED) is 0.579. The highest BCUT2D eigenvalue weighted by atomic mass is 16.7. The third-order valence-corrected chi connectivity index (χ3v) is 1.77. The van der Waals surface area contributed by atoms with Crippen LogP contribution in [-0.4, -0.2) is 44.3 Å². The van der Waals surface area contributed by atoms with E-state index in [4.69, 9.17) is 14.6 Å². The van der Waals surface area contributed by atoms with Gasteiger partial charge in [0.1, 0.15) is 0 Å². The maximum Gasteiger partial charge on any atom is 0.305 e. The molecule has 0 aromatic heterocycles. The second kappa shape index (κ2) is 10.9. The van der Waals surface area contributed by atoms with Crippen LogP contribution >= 0.6 is 0 Å². The molecule has 0 spiro atoms. The Bertz CT molecular complexity index is 154. The van der Waals surface area contributed by atoms with Crippen molar-refractivity contribution in [2.45, 2.75) is 39.4 Å². The third kappa shape index (κ3) is 13.4. The van der Waals surface area contributed by atoms with Gasteiger partial charge in [0, 0.05) is 27.2 Å². The fourth-order valence-electron chi connectivity index (χ4n) is 0.558. The van der Waals surface area contributed by atoms with Crippen LogP contribution < -0.4 is 0 Å². The highest BCUT2D eigenvalue weighted by Crippen LogP contribution is 2.05. The molecule has 1 rings (SSSR count). The van der Waals surface area contributed by atoms with Crippen molar-refractivity contribution in [2.75, 3.05) is 27.4 Å². The van der Waals surface area contributed by atoms with Crippen molar-refractivity contribution in [3.8, 4) is 0 Å². The normalized spacial score (nSPS) is 14.2. The Labute approximate surface area is 97.7 Å². The molecule has 0 unspecified atom stereocenters. The average Bonchev–Trinajstić information content (AvgIpc) is 2.71. The fourth-order valence-corrected chi connectivity index (χ4v) is 0.558. The number of cyclic esters (lactones) is 1. The van der Waals surface area contributed by atoms with Crippen LogP contribution in [0.1, 0.15) is 33.6 Å². The van der Waals surface area contributed by atoms with Gasteiger partial charge in [-0.05, 0) is 27.2 Å². The minimum atomic E-state index is -0.417. The molecule has 0 bridgehead atoms. The van der Waals surface area contributed by atoms with Crippen LogP contribution in [-0.2, 0) is 19.0 Å². The second-order valence-electron chi connectivity index (χ2n) is 3.45. The molecule has 1 N–H and O–H groups in total. The smallest absolute Gasteiger partial charge is 0.305 e. The summed E-state index contributed by atoms with van der Waals surface area (Å²) in [5.41, 5.74) is 0. The number of carbonyl (C=O) groups is 1. The summed E-state index contributed by atoms with van der Waals surface area (Å²) in [4.78, 5) is 10.0. The zero-order valence-corrected chi connectivity index (χ0v) is 10.9. The van der Waals surface area contributed by atoms with Gasteiger partial charge >= 0.3 is 5.97 Å². The molecule has 1 aliphatic heterocycles. The molecule has 0 saturated carbocycles. The van der Waals surface area contributed by atoms with Crippen molar-refractivity contribution < 1.29 is 24.1 Å². The van der Waals surface area contributed by atoms with Crippen molar-refractivity contribution in [2.24, 2.45) is 0 Å². The van der Waals surface area contributed by atoms with Crippen LogP contribution in [0.3, 0.4) is 0 Å². The molecule has 0 atom stereocenters. The van der Waals surface area contributed by atoms with Gasteiger partial charge in [0.2, 0.25) is 0 Å². The number of hydrogen-bond donors (Lipinski definition) is 1. The molecule has 5 nitrogen and oxygen atoms in total. The standard InChI is InChI=1S/C5H12O2.C4H6O2.C2H6O/c1-5(2,6-3)7-4;5-4-2-1-3-6-4;1-2-3/h1-4H3;1-3H2;3H,2H2,1H3. The lowest BCUT2D eigenvalue weighted by atomic mass is 10.4. The molecule has 98 valence electrons. The monoisotopic (exact) mass is 236 g/mol. The van der Waals surface area contributed by atoms with Gasteiger partial charge < -0.3 is 19.3 Å². The lowest BCUT2D eigenvalue weighted by molar-refractivity contribution is -0.178. The van der Waals surface area contributed by atoms with E-state index >= 15 is 0 Å². The molecule has 0 aliphatic carbocycles. The number of ether oxygens (including phenoxy) is 3. The van der Waals surface area contributed by atoms with Gasteiger partial charge in [0.05, 0.1) is 6.61 Å². The summed E-state index contributed by atoms with van der Waals surface area (Å²) >= 11 is 0. The fraction of sp³-hybridized carbons (Fsp3) is 0.909. The van der Waals surface area contributed by atoms with Crippen LogP contribution in [0.5, 0.6) is 0 Å². The van der Waals surface area contributed by atoms with E-state index in [0.29, 0.717) is 13.0 Å². The van der Waals surface area contributed by atoms with Crippen LogP contribution in [0, 0.1) is 0 Å². The maximum atomic E-state index is 10.0. The molecule has 1 fully saturated rings. The molecule has 0 aromatic rings. The zero-order chi connectivity index (χ0) is 13.0. The summed E-state index contributed by atoms with van der Waals surface area (Å²) in [7, 11) is 3.23. The lowest BCUT2D eigenvalue weighted by Gasteiger charge is -2.19. The number of aliphatic hydroxyl groups is 1. The van der Waals surface area contributed by atoms with Crippen LogP contribution in [0.4, 0.5) is 0 Å². The Morgan fingerprint density at radius 3 is 1.88 bits per heavy atom. The highest BCUT2D eigenvalue weighted by molar-refractivity contribution is 5.70. The van der Waals surface area contributed by atoms with E-state index in [0.717, 1.165) is 6.42 Å². The van der Waals surface area contributed by atoms with Gasteiger partial charge in [-0.3, -0.25) is 4.79 Å². The topological polar surface area (TPSA) is 65.0 Å². The van der Waals surface area contributed by atoms with E-state index in [-0.39, 0.29) is 12.6 Å². The van der Waals surface area contributed by atoms with Gasteiger partial charge in [-0.2, -0.15) is 0 Å². The van der Waals surface area contributed by atoms with E-state index in [2.05, 4.69) is 4.74 Å².